The third kappa shape index (κ3) is 16.8. The second-order valence-corrected chi connectivity index (χ2v) is 44.1. The number of aryl methyl sites for hydroxylation is 6. The van der Waals surface area contributed by atoms with Gasteiger partial charge in [0.1, 0.15) is 104 Å². The van der Waals surface area contributed by atoms with Gasteiger partial charge in [-0.3, -0.25) is 29.1 Å². The normalized spacial score (nSPS) is 27.0. The molecule has 16 atom stereocenters. The third-order valence-corrected chi connectivity index (χ3v) is 35.3. The first-order valence-electron chi connectivity index (χ1n) is 49.9. The predicted molar refractivity (Wildman–Crippen MR) is 523 cm³/mol. The van der Waals surface area contributed by atoms with Crippen LogP contribution < -0.4 is 71.3 Å². The van der Waals surface area contributed by atoms with E-state index < -0.39 is 0 Å². The van der Waals surface area contributed by atoms with Gasteiger partial charge in [-0.15, -0.1) is 22.7 Å². The first kappa shape index (κ1) is 88.1. The minimum Gasteiger partial charge on any atom is -0.491 e. The first-order chi connectivity index (χ1) is 66.1. The molecule has 704 valence electrons. The second-order valence-electron chi connectivity index (χ2n) is 42.1. The number of carbonyl (C=O) groups is 4. The molecule has 24 nitrogen and oxygen atoms in total. The lowest BCUT2D eigenvalue weighted by molar-refractivity contribution is 0.0906. The molecule has 14 heterocycles. The zero-order chi connectivity index (χ0) is 92.7. The number of nitrogens with zero attached hydrogens (tertiary/aromatic N) is 10. The highest BCUT2D eigenvalue weighted by Gasteiger charge is 2.47. The minimum absolute atomic E-state index is 0.0812. The SMILES string of the molecule is Cc1cc(C)c2c(N)c(C(=O)N[C@H]3COc4cc(N5CC[C@@H]6CCC[C@@H]65)ccc4C3)sc2n1.Cc1cc(C)c2c(N)c(C(=O)N[C@H]3COc4cc(N5CC[C@H]6CCC[C@H]65)ccc4C3)sc2n1.N#Cc1c(N2CC3CCC(C3)C2)cc(F)c2c1OC[C@H](NC(=O)c1cnc3c(c1)[C@@H]1C[C@@H]1CC3)C2.N#Cc1c(N2CC3CCC(C3)C2)cc(F)c2c1OC[C@H](NC(=O)c1cnc3c(c1)[C@H]1C[C@H]1CC3)C2. The fourth-order valence-electron chi connectivity index (χ4n) is 26.3. The lowest BCUT2D eigenvalue weighted by Crippen LogP contribution is -2.43. The van der Waals surface area contributed by atoms with Crippen LogP contribution in [0.3, 0.4) is 0 Å². The highest BCUT2D eigenvalue weighted by atomic mass is 32.1. The summed E-state index contributed by atoms with van der Waals surface area (Å²) in [5.74, 6) is 8.06. The van der Waals surface area contributed by atoms with Gasteiger partial charge in [0, 0.05) is 145 Å². The van der Waals surface area contributed by atoms with Crippen molar-refractivity contribution in [3.05, 3.63) is 196 Å². The lowest BCUT2D eigenvalue weighted by atomic mass is 9.94. The molecule has 16 aliphatic rings. The van der Waals surface area contributed by atoms with Crippen molar-refractivity contribution in [1.82, 2.24) is 41.2 Å². The lowest BCUT2D eigenvalue weighted by Gasteiger charge is -2.35. The number of piperidine rings is 2. The fourth-order valence-corrected chi connectivity index (χ4v) is 28.5. The van der Waals surface area contributed by atoms with Gasteiger partial charge in [-0.25, -0.2) is 18.7 Å². The molecule has 10 aromatic rings. The molecule has 6 aromatic heterocycles. The van der Waals surface area contributed by atoms with E-state index in [1.54, 1.807) is 12.4 Å². The van der Waals surface area contributed by atoms with E-state index in [0.29, 0.717) is 151 Å². The van der Waals surface area contributed by atoms with Gasteiger partial charge in [0.2, 0.25) is 0 Å². The van der Waals surface area contributed by atoms with Gasteiger partial charge in [0.25, 0.3) is 23.6 Å². The van der Waals surface area contributed by atoms with Crippen LogP contribution in [-0.4, -0.2) is 146 Å². The number of nitrogens with one attached hydrogen (secondary N) is 4. The molecule has 4 amide bonds. The molecular formula is C108H118F2N16O8S2. The van der Waals surface area contributed by atoms with Gasteiger partial charge < -0.3 is 71.3 Å². The summed E-state index contributed by atoms with van der Waals surface area (Å²) in [7, 11) is 0. The number of hydrogen-bond acceptors (Lipinski definition) is 22. The highest BCUT2D eigenvalue weighted by molar-refractivity contribution is 7.21. The Labute approximate surface area is 799 Å². The summed E-state index contributed by atoms with van der Waals surface area (Å²) in [6, 6.07) is 29.3. The van der Waals surface area contributed by atoms with Crippen molar-refractivity contribution in [2.24, 2.45) is 47.3 Å². The molecule has 136 heavy (non-hydrogen) atoms. The second kappa shape index (κ2) is 35.9. The monoisotopic (exact) mass is 1870 g/mol. The third-order valence-electron chi connectivity index (χ3n) is 33.1. The molecule has 8 N–H and O–H groups in total. The van der Waals surface area contributed by atoms with Crippen molar-refractivity contribution in [3.63, 3.8) is 0 Å². The predicted octanol–water partition coefficient (Wildman–Crippen LogP) is 17.4. The van der Waals surface area contributed by atoms with Crippen LogP contribution in [0.25, 0.3) is 20.4 Å². The van der Waals surface area contributed by atoms with Crippen LogP contribution >= 0.6 is 22.7 Å². The molecule has 4 unspecified atom stereocenters. The van der Waals surface area contributed by atoms with Crippen LogP contribution in [0.5, 0.6) is 23.0 Å². The Balaban J connectivity index is 0.000000102. The number of pyridine rings is 4. The summed E-state index contributed by atoms with van der Waals surface area (Å²) in [4.78, 5) is 82.6. The molecule has 4 bridgehead atoms. The molecule has 0 spiro atoms. The number of ether oxygens (including phenoxy) is 4. The Morgan fingerprint density at radius 3 is 1.29 bits per heavy atom. The van der Waals surface area contributed by atoms with E-state index in [0.717, 1.165) is 166 Å². The number of nitrogens with two attached hydrogens (primary N) is 2. The van der Waals surface area contributed by atoms with E-state index in [1.807, 2.05) is 52.0 Å². The number of amides is 4. The van der Waals surface area contributed by atoms with Gasteiger partial charge in [-0.05, 0) is 297 Å². The maximum atomic E-state index is 15.3. The van der Waals surface area contributed by atoms with Crippen LogP contribution in [0.4, 0.5) is 42.9 Å². The fraction of sp³-hybridized carbons (Fsp3) is 0.500. The molecule has 26 rings (SSSR count). The molecule has 8 aliphatic carbocycles. The number of anilines is 6. The Kier molecular flexibility index (Phi) is 23.3. The Morgan fingerprint density at radius 1 is 0.463 bits per heavy atom. The summed E-state index contributed by atoms with van der Waals surface area (Å²) in [6.07, 6.45) is 30.3. The minimum atomic E-state index is -0.363. The average Bonchev–Trinajstić information content (AvgIpc) is 1.52. The largest absolute Gasteiger partial charge is 0.491 e. The van der Waals surface area contributed by atoms with E-state index in [4.69, 9.17) is 30.4 Å². The van der Waals surface area contributed by atoms with Crippen molar-refractivity contribution >= 4 is 101 Å². The van der Waals surface area contributed by atoms with Crippen molar-refractivity contribution in [3.8, 4) is 35.1 Å². The summed E-state index contributed by atoms with van der Waals surface area (Å²) < 4.78 is 54.9. The van der Waals surface area contributed by atoms with Crippen LogP contribution in [0.1, 0.15) is 246 Å². The molecule has 6 saturated carbocycles. The first-order valence-corrected chi connectivity index (χ1v) is 51.6. The van der Waals surface area contributed by atoms with Crippen LogP contribution in [0.2, 0.25) is 0 Å². The number of aromatic nitrogens is 4. The van der Waals surface area contributed by atoms with Crippen molar-refractivity contribution < 1.29 is 46.9 Å². The number of thiophene rings is 2. The highest BCUT2D eigenvalue weighted by Crippen LogP contribution is 2.57. The number of nitrogen functional groups attached to an aromatic ring is 2. The topological polar surface area (TPSA) is 317 Å². The zero-order valence-corrected chi connectivity index (χ0v) is 79.5. The van der Waals surface area contributed by atoms with E-state index in [1.165, 1.54) is 173 Å². The average molecular weight is 1870 g/mol. The maximum absolute atomic E-state index is 15.3. The van der Waals surface area contributed by atoms with E-state index in [2.05, 4.69) is 109 Å². The Hall–Kier alpha value is -11.9. The molecule has 28 heteroatoms. The zero-order valence-electron chi connectivity index (χ0n) is 77.8. The number of nitriles is 2. The summed E-state index contributed by atoms with van der Waals surface area (Å²) in [6.45, 7) is 15.1. The van der Waals surface area contributed by atoms with Gasteiger partial charge in [0.15, 0.2) is 0 Å². The molecule has 0 radical (unpaired) electrons. The Bertz CT molecular complexity index is 6190. The van der Waals surface area contributed by atoms with E-state index >= 15 is 8.78 Å². The summed E-state index contributed by atoms with van der Waals surface area (Å²) >= 11 is 2.73. The van der Waals surface area contributed by atoms with E-state index in [9.17, 15) is 29.7 Å². The number of halogens is 2. The Morgan fingerprint density at radius 2 is 0.868 bits per heavy atom. The number of hydrogen-bond donors (Lipinski definition) is 6. The smallest absolute Gasteiger partial charge is 0.263 e. The van der Waals surface area contributed by atoms with Crippen molar-refractivity contribution in [1.29, 1.82) is 10.5 Å². The summed E-state index contributed by atoms with van der Waals surface area (Å²) in [5, 5.41) is 34.0. The van der Waals surface area contributed by atoms with Crippen LogP contribution in [0, 0.1) is 109 Å². The number of benzene rings is 4. The number of fused-ring (bicyclic) bond motifs is 18. The summed E-state index contributed by atoms with van der Waals surface area (Å²) in [5.41, 5.74) is 31.3. The molecular weight excluding hydrogens is 1750 g/mol. The quantitative estimate of drug-likeness (QED) is 0.0662. The van der Waals surface area contributed by atoms with Crippen molar-refractivity contribution in [2.75, 3.05) is 96.8 Å². The van der Waals surface area contributed by atoms with E-state index in [-0.39, 0.29) is 72.6 Å². The number of rotatable bonds is 12. The molecule has 10 fully saturated rings. The number of carbonyl (C=O) groups excluding carboxylic acids is 4. The molecule has 8 aliphatic heterocycles. The van der Waals surface area contributed by atoms with Gasteiger partial charge in [-0.1, -0.05) is 25.0 Å². The standard InChI is InChI=1S/2C28H29FN4O2.2C26H30N4O2S/c2*29-24-9-26(33-12-15-1-2-16(5-15)13-33)23(10-30)27-22(24)8-19(14-35-27)32-28(34)18-7-21-20-6-17(20)3-4-25(21)31-11-18;2*1-14-10-15(2)28-26-22(14)23(27)24(33-26)25(31)29-18-11-17-6-7-19(12-21(17)32-13-18)30-9-8-16-4-3-5-20(16)30/h2*7,9,11,15-17,19-20H,1-6,8,12-14H2,(H,32,34);2*6-7,10,12,16,18,20H,3-5,8-9,11,13,27H2,1-2H3,(H,29,31)/t15?,16?,17-,19+,20+;15?,16?,17-,19-,20+;16-,18+,20-;16-,18-,20-/m0101/s1. The van der Waals surface area contributed by atoms with Gasteiger partial charge >= 0.3 is 0 Å². The van der Waals surface area contributed by atoms with Crippen LogP contribution in [-0.2, 0) is 38.5 Å². The van der Waals surface area contributed by atoms with Gasteiger partial charge in [-0.2, -0.15) is 10.5 Å². The van der Waals surface area contributed by atoms with Crippen LogP contribution in [0.15, 0.2) is 85.2 Å². The molecule has 4 saturated heterocycles. The maximum Gasteiger partial charge on any atom is 0.263 e. The van der Waals surface area contributed by atoms with Gasteiger partial charge in [0.05, 0.1) is 58.0 Å². The molecule has 4 aromatic carbocycles. The van der Waals surface area contributed by atoms with Crippen molar-refractivity contribution in [2.45, 2.75) is 230 Å².